The highest BCUT2D eigenvalue weighted by Crippen LogP contribution is 2.30. The van der Waals surface area contributed by atoms with Crippen LogP contribution in [-0.2, 0) is 24.1 Å². The van der Waals surface area contributed by atoms with E-state index in [2.05, 4.69) is 10.1 Å². The Morgan fingerprint density at radius 2 is 1.82 bits per heavy atom. The number of fused-ring (bicyclic) bond motifs is 1. The van der Waals surface area contributed by atoms with Crippen molar-refractivity contribution in [2.24, 2.45) is 0 Å². The predicted octanol–water partition coefficient (Wildman–Crippen LogP) is 4.04. The number of carbonyl (C=O) groups excluding carboxylic acids is 1. The van der Waals surface area contributed by atoms with Crippen molar-refractivity contribution in [1.29, 1.82) is 0 Å². The lowest BCUT2D eigenvalue weighted by molar-refractivity contribution is -0.137. The van der Waals surface area contributed by atoms with Gasteiger partial charge in [-0.1, -0.05) is 36.4 Å². The summed E-state index contributed by atoms with van der Waals surface area (Å²) >= 11 is 0. The number of carbonyl (C=O) groups is 1. The van der Waals surface area contributed by atoms with Crippen LogP contribution in [0.2, 0.25) is 0 Å². The summed E-state index contributed by atoms with van der Waals surface area (Å²) in [4.78, 5) is 31.9. The summed E-state index contributed by atoms with van der Waals surface area (Å²) in [5.74, 6) is -0.257. The molecule has 0 N–H and O–H groups in total. The first-order chi connectivity index (χ1) is 16.1. The van der Waals surface area contributed by atoms with Gasteiger partial charge in [-0.15, -0.1) is 0 Å². The third-order valence-electron chi connectivity index (χ3n) is 5.42. The second-order valence-electron chi connectivity index (χ2n) is 8.12. The summed E-state index contributed by atoms with van der Waals surface area (Å²) < 4.78 is 41.6. The normalized spacial score (nSPS) is 11.8. The SMILES string of the molecule is CC(C)N(Cc1ccccc1)C(=O)Cn1cnc2c(cnn2-c2cccc(C(F)(F)F)c2)c1=O. The van der Waals surface area contributed by atoms with E-state index in [0.717, 1.165) is 17.7 Å². The number of hydrogen-bond donors (Lipinski definition) is 0. The van der Waals surface area contributed by atoms with Crippen LogP contribution in [0.4, 0.5) is 13.2 Å². The van der Waals surface area contributed by atoms with Crippen molar-refractivity contribution in [3.05, 3.63) is 88.6 Å². The monoisotopic (exact) mass is 469 g/mol. The number of halogens is 3. The Morgan fingerprint density at radius 1 is 1.09 bits per heavy atom. The molecule has 4 rings (SSSR count). The van der Waals surface area contributed by atoms with E-state index in [0.29, 0.717) is 6.54 Å². The first-order valence-corrected chi connectivity index (χ1v) is 10.6. The number of aromatic nitrogens is 4. The van der Waals surface area contributed by atoms with Crippen molar-refractivity contribution in [2.45, 2.75) is 39.2 Å². The van der Waals surface area contributed by atoms with Gasteiger partial charge in [0.05, 0.1) is 17.4 Å². The molecule has 0 aliphatic heterocycles. The third kappa shape index (κ3) is 4.70. The molecule has 10 heteroatoms. The van der Waals surface area contributed by atoms with Gasteiger partial charge in [-0.3, -0.25) is 14.2 Å². The van der Waals surface area contributed by atoms with Gasteiger partial charge in [0.2, 0.25) is 5.91 Å². The number of amides is 1. The van der Waals surface area contributed by atoms with Crippen LogP contribution in [0.25, 0.3) is 16.7 Å². The molecule has 34 heavy (non-hydrogen) atoms. The van der Waals surface area contributed by atoms with Gasteiger partial charge in [0.15, 0.2) is 5.65 Å². The molecule has 2 aromatic heterocycles. The van der Waals surface area contributed by atoms with Gasteiger partial charge in [0, 0.05) is 12.6 Å². The zero-order valence-corrected chi connectivity index (χ0v) is 18.5. The van der Waals surface area contributed by atoms with E-state index >= 15 is 0 Å². The molecule has 0 spiro atoms. The average Bonchev–Trinajstić information content (AvgIpc) is 3.24. The van der Waals surface area contributed by atoms with Crippen LogP contribution in [0.5, 0.6) is 0 Å². The van der Waals surface area contributed by atoms with Crippen LogP contribution in [0, 0.1) is 0 Å². The van der Waals surface area contributed by atoms with Crippen LogP contribution in [0.3, 0.4) is 0 Å². The van der Waals surface area contributed by atoms with E-state index in [9.17, 15) is 22.8 Å². The van der Waals surface area contributed by atoms with Crippen LogP contribution >= 0.6 is 0 Å². The molecule has 0 saturated heterocycles. The maximum atomic E-state index is 13.1. The van der Waals surface area contributed by atoms with Gasteiger partial charge >= 0.3 is 6.18 Å². The van der Waals surface area contributed by atoms with E-state index < -0.39 is 17.3 Å². The summed E-state index contributed by atoms with van der Waals surface area (Å²) in [6.07, 6.45) is -2.05. The summed E-state index contributed by atoms with van der Waals surface area (Å²) in [6, 6.07) is 14.0. The van der Waals surface area contributed by atoms with Crippen LogP contribution in [0.1, 0.15) is 25.0 Å². The van der Waals surface area contributed by atoms with Gasteiger partial charge in [0.1, 0.15) is 18.3 Å². The van der Waals surface area contributed by atoms with Crippen molar-refractivity contribution < 1.29 is 18.0 Å². The summed E-state index contributed by atoms with van der Waals surface area (Å²) in [6.45, 7) is 3.96. The molecule has 176 valence electrons. The molecule has 0 radical (unpaired) electrons. The lowest BCUT2D eigenvalue weighted by Gasteiger charge is -2.27. The molecule has 2 aromatic carbocycles. The molecule has 0 fully saturated rings. The Labute approximate surface area is 193 Å². The molecule has 0 aliphatic rings. The Hall–Kier alpha value is -3.95. The maximum absolute atomic E-state index is 13.1. The van der Waals surface area contributed by atoms with Crippen molar-refractivity contribution in [3.63, 3.8) is 0 Å². The van der Waals surface area contributed by atoms with E-state index in [4.69, 9.17) is 0 Å². The van der Waals surface area contributed by atoms with Gasteiger partial charge in [-0.25, -0.2) is 9.67 Å². The van der Waals surface area contributed by atoms with Gasteiger partial charge in [-0.05, 0) is 37.6 Å². The third-order valence-corrected chi connectivity index (χ3v) is 5.42. The largest absolute Gasteiger partial charge is 0.416 e. The van der Waals surface area contributed by atoms with E-state index in [1.165, 1.54) is 33.9 Å². The molecule has 0 saturated carbocycles. The van der Waals surface area contributed by atoms with Crippen molar-refractivity contribution in [2.75, 3.05) is 0 Å². The van der Waals surface area contributed by atoms with Crippen LogP contribution in [0.15, 0.2) is 71.9 Å². The Balaban J connectivity index is 1.62. The standard InChI is InChI=1S/C24H22F3N5O2/c1-16(2)31(13-17-7-4-3-5-8-17)21(33)14-30-15-28-22-20(23(30)34)12-29-32(22)19-10-6-9-18(11-19)24(25,26)27/h3-12,15-16H,13-14H2,1-2H3. The molecule has 0 unspecified atom stereocenters. The molecular weight excluding hydrogens is 447 g/mol. The van der Waals surface area contributed by atoms with Crippen molar-refractivity contribution >= 4 is 16.9 Å². The topological polar surface area (TPSA) is 73.0 Å². The van der Waals surface area contributed by atoms with Gasteiger partial charge < -0.3 is 4.90 Å². The Kier molecular flexibility index (Phi) is 6.23. The Morgan fingerprint density at radius 3 is 2.50 bits per heavy atom. The zero-order chi connectivity index (χ0) is 24.5. The molecular formula is C24H22F3N5O2. The number of nitrogens with zero attached hydrogens (tertiary/aromatic N) is 5. The fraction of sp³-hybridized carbons (Fsp3) is 0.250. The average molecular weight is 469 g/mol. The summed E-state index contributed by atoms with van der Waals surface area (Å²) in [7, 11) is 0. The molecule has 1 amide bonds. The quantitative estimate of drug-likeness (QED) is 0.427. The lowest BCUT2D eigenvalue weighted by Crippen LogP contribution is -2.40. The van der Waals surface area contributed by atoms with E-state index in [1.54, 1.807) is 4.90 Å². The molecule has 2 heterocycles. The van der Waals surface area contributed by atoms with Crippen molar-refractivity contribution in [3.8, 4) is 5.69 Å². The highest BCUT2D eigenvalue weighted by molar-refractivity contribution is 5.78. The minimum atomic E-state index is -4.51. The molecule has 0 bridgehead atoms. The first-order valence-electron chi connectivity index (χ1n) is 10.6. The zero-order valence-electron chi connectivity index (χ0n) is 18.5. The second-order valence-corrected chi connectivity index (χ2v) is 8.12. The fourth-order valence-electron chi connectivity index (χ4n) is 3.64. The van der Waals surface area contributed by atoms with E-state index in [-0.39, 0.29) is 35.2 Å². The Bertz CT molecular complexity index is 1380. The summed E-state index contributed by atoms with van der Waals surface area (Å²) in [5.41, 5.74) is -0.134. The van der Waals surface area contributed by atoms with Crippen LogP contribution in [-0.4, -0.2) is 36.2 Å². The maximum Gasteiger partial charge on any atom is 0.416 e. The fourth-order valence-corrected chi connectivity index (χ4v) is 3.64. The predicted molar refractivity (Wildman–Crippen MR) is 120 cm³/mol. The second kappa shape index (κ2) is 9.12. The van der Waals surface area contributed by atoms with Crippen LogP contribution < -0.4 is 5.56 Å². The molecule has 0 aliphatic carbocycles. The number of rotatable bonds is 6. The van der Waals surface area contributed by atoms with E-state index in [1.807, 2.05) is 44.2 Å². The molecule has 7 nitrogen and oxygen atoms in total. The minimum Gasteiger partial charge on any atom is -0.334 e. The van der Waals surface area contributed by atoms with Gasteiger partial charge in [0.25, 0.3) is 5.56 Å². The molecule has 0 atom stereocenters. The van der Waals surface area contributed by atoms with Crippen molar-refractivity contribution in [1.82, 2.24) is 24.2 Å². The smallest absolute Gasteiger partial charge is 0.334 e. The lowest BCUT2D eigenvalue weighted by atomic mass is 10.2. The molecule has 4 aromatic rings. The highest BCUT2D eigenvalue weighted by atomic mass is 19.4. The number of alkyl halides is 3. The highest BCUT2D eigenvalue weighted by Gasteiger charge is 2.30. The number of benzene rings is 2. The minimum absolute atomic E-state index is 0.0937. The first kappa shape index (κ1) is 23.2. The number of hydrogen-bond acceptors (Lipinski definition) is 4. The van der Waals surface area contributed by atoms with Gasteiger partial charge in [-0.2, -0.15) is 18.3 Å². The summed E-state index contributed by atoms with van der Waals surface area (Å²) in [5, 5.41) is 4.17.